The first kappa shape index (κ1) is 17.6. The molecule has 0 saturated heterocycles. The number of benzene rings is 1. The lowest BCUT2D eigenvalue weighted by molar-refractivity contribution is 0.0100. The van der Waals surface area contributed by atoms with E-state index in [1.807, 2.05) is 36.1 Å². The van der Waals surface area contributed by atoms with Crippen LogP contribution in [0.15, 0.2) is 51.6 Å². The highest BCUT2D eigenvalue weighted by Crippen LogP contribution is 2.41. The number of carbonyl (C=O) groups is 1. The van der Waals surface area contributed by atoms with Crippen molar-refractivity contribution in [3.05, 3.63) is 52.2 Å². The molecule has 0 aliphatic carbocycles. The summed E-state index contributed by atoms with van der Waals surface area (Å²) in [5.41, 5.74) is 0.937. The van der Waals surface area contributed by atoms with Crippen LogP contribution in [0.3, 0.4) is 0 Å². The average molecular weight is 383 g/mol. The molecule has 2 heterocycles. The Balaban J connectivity index is 2.06. The standard InChI is InChI=1S/C17H16Cl2N2O4/c1-9-14(10-3-5-12(24-2)6-4-10)21-8-11(18)7-13(19)15(21)20-16(9)25-17(22)23/h3-9,14,16H,1-2H3,(H,22,23). The monoisotopic (exact) mass is 382 g/mol. The van der Waals surface area contributed by atoms with Crippen molar-refractivity contribution < 1.29 is 19.4 Å². The van der Waals surface area contributed by atoms with Crippen LogP contribution in [0.2, 0.25) is 0 Å². The van der Waals surface area contributed by atoms with E-state index in [2.05, 4.69) is 4.99 Å². The van der Waals surface area contributed by atoms with E-state index < -0.39 is 12.4 Å². The van der Waals surface area contributed by atoms with Gasteiger partial charge in [0.1, 0.15) is 5.75 Å². The number of aliphatic imine (C=N–C) groups is 1. The molecule has 1 aromatic rings. The van der Waals surface area contributed by atoms with Crippen molar-refractivity contribution in [2.24, 2.45) is 10.9 Å². The van der Waals surface area contributed by atoms with Gasteiger partial charge in [0.2, 0.25) is 6.23 Å². The van der Waals surface area contributed by atoms with E-state index in [1.54, 1.807) is 19.4 Å². The Labute approximate surface area is 154 Å². The maximum atomic E-state index is 11.0. The molecule has 132 valence electrons. The fourth-order valence-electron chi connectivity index (χ4n) is 3.03. The van der Waals surface area contributed by atoms with Crippen molar-refractivity contribution >= 4 is 35.2 Å². The molecule has 0 bridgehead atoms. The Hall–Kier alpha value is -2.18. The van der Waals surface area contributed by atoms with Crippen molar-refractivity contribution in [2.75, 3.05) is 7.11 Å². The fourth-order valence-corrected chi connectivity index (χ4v) is 3.56. The van der Waals surface area contributed by atoms with Crippen LogP contribution in [0.25, 0.3) is 0 Å². The van der Waals surface area contributed by atoms with E-state index in [1.165, 1.54) is 0 Å². The molecule has 1 N–H and O–H groups in total. The van der Waals surface area contributed by atoms with Crippen molar-refractivity contribution in [1.82, 2.24) is 4.90 Å². The quantitative estimate of drug-likeness (QED) is 0.787. The molecule has 8 heteroatoms. The zero-order valence-electron chi connectivity index (χ0n) is 13.5. The number of carboxylic acid groups (broad SMARTS) is 1. The number of methoxy groups -OCH3 is 1. The van der Waals surface area contributed by atoms with Gasteiger partial charge in [-0.15, -0.1) is 0 Å². The van der Waals surface area contributed by atoms with Crippen LogP contribution in [0.5, 0.6) is 5.75 Å². The molecule has 0 radical (unpaired) electrons. The van der Waals surface area contributed by atoms with Gasteiger partial charge in [-0.1, -0.05) is 42.3 Å². The summed E-state index contributed by atoms with van der Waals surface area (Å²) < 4.78 is 10.2. The molecule has 0 fully saturated rings. The maximum absolute atomic E-state index is 11.0. The lowest BCUT2D eigenvalue weighted by atomic mass is 9.89. The molecule has 3 rings (SSSR count). The summed E-state index contributed by atoms with van der Waals surface area (Å²) in [4.78, 5) is 17.2. The summed E-state index contributed by atoms with van der Waals surface area (Å²) in [6.07, 6.45) is 1.04. The second-order valence-electron chi connectivity index (χ2n) is 5.72. The second kappa shape index (κ2) is 6.98. The molecular weight excluding hydrogens is 367 g/mol. The van der Waals surface area contributed by atoms with E-state index in [-0.39, 0.29) is 12.0 Å². The Morgan fingerprint density at radius 1 is 1.28 bits per heavy atom. The van der Waals surface area contributed by atoms with E-state index in [9.17, 15) is 4.79 Å². The molecule has 3 atom stereocenters. The summed E-state index contributed by atoms with van der Waals surface area (Å²) >= 11 is 12.4. The minimum absolute atomic E-state index is 0.251. The highest BCUT2D eigenvalue weighted by Gasteiger charge is 2.41. The van der Waals surface area contributed by atoms with E-state index in [0.29, 0.717) is 15.9 Å². The van der Waals surface area contributed by atoms with Gasteiger partial charge in [0.05, 0.1) is 23.2 Å². The van der Waals surface area contributed by atoms with Crippen LogP contribution in [0.4, 0.5) is 4.79 Å². The number of allylic oxidation sites excluding steroid dienone is 2. The first-order chi connectivity index (χ1) is 11.9. The third-order valence-corrected chi connectivity index (χ3v) is 4.65. The lowest BCUT2D eigenvalue weighted by Crippen LogP contribution is -2.45. The van der Waals surface area contributed by atoms with Gasteiger partial charge >= 0.3 is 6.16 Å². The maximum Gasteiger partial charge on any atom is 0.507 e. The summed E-state index contributed by atoms with van der Waals surface area (Å²) in [5.74, 6) is 0.886. The molecule has 25 heavy (non-hydrogen) atoms. The number of hydrogen-bond acceptors (Lipinski definition) is 5. The molecule has 6 nitrogen and oxygen atoms in total. The highest BCUT2D eigenvalue weighted by atomic mass is 35.5. The first-order valence-electron chi connectivity index (χ1n) is 7.55. The van der Waals surface area contributed by atoms with Crippen molar-refractivity contribution in [2.45, 2.75) is 19.2 Å². The Kier molecular flexibility index (Phi) is 4.92. The molecule has 0 spiro atoms. The molecule has 0 aromatic heterocycles. The van der Waals surface area contributed by atoms with Gasteiger partial charge in [0.25, 0.3) is 0 Å². The third kappa shape index (κ3) is 3.45. The Morgan fingerprint density at radius 3 is 2.56 bits per heavy atom. The Morgan fingerprint density at radius 2 is 1.96 bits per heavy atom. The zero-order valence-corrected chi connectivity index (χ0v) is 15.0. The molecule has 3 unspecified atom stereocenters. The van der Waals surface area contributed by atoms with Gasteiger partial charge in [-0.2, -0.15) is 0 Å². The van der Waals surface area contributed by atoms with E-state index >= 15 is 0 Å². The largest absolute Gasteiger partial charge is 0.507 e. The minimum atomic E-state index is -1.38. The number of ether oxygens (including phenoxy) is 2. The molecule has 2 aliphatic heterocycles. The van der Waals surface area contributed by atoms with Crippen molar-refractivity contribution in [3.63, 3.8) is 0 Å². The van der Waals surface area contributed by atoms with Crippen LogP contribution in [-0.4, -0.2) is 35.3 Å². The predicted octanol–water partition coefficient (Wildman–Crippen LogP) is 4.32. The normalized spacial score (nSPS) is 25.4. The molecule has 0 amide bonds. The summed E-state index contributed by atoms with van der Waals surface area (Å²) in [5, 5.41) is 9.81. The molecule has 2 aliphatic rings. The van der Waals surface area contributed by atoms with Crippen LogP contribution >= 0.6 is 23.2 Å². The predicted molar refractivity (Wildman–Crippen MR) is 94.9 cm³/mol. The number of fused-ring (bicyclic) bond motifs is 1. The number of hydrogen-bond donors (Lipinski definition) is 1. The van der Waals surface area contributed by atoms with Crippen LogP contribution < -0.4 is 4.74 Å². The number of nitrogens with zero attached hydrogens (tertiary/aromatic N) is 2. The smallest absolute Gasteiger partial charge is 0.497 e. The SMILES string of the molecule is COc1ccc(C2C(C)C(OC(=O)O)N=C3C(Cl)=CC(Cl)=CN32)cc1. The van der Waals surface area contributed by atoms with Crippen LogP contribution in [0.1, 0.15) is 18.5 Å². The van der Waals surface area contributed by atoms with E-state index in [4.69, 9.17) is 37.8 Å². The number of rotatable bonds is 3. The third-order valence-electron chi connectivity index (χ3n) is 4.16. The number of amidine groups is 1. The van der Waals surface area contributed by atoms with Crippen LogP contribution in [0, 0.1) is 5.92 Å². The first-order valence-corrected chi connectivity index (χ1v) is 8.31. The van der Waals surface area contributed by atoms with Gasteiger partial charge in [0.15, 0.2) is 5.84 Å². The fraction of sp³-hybridized carbons (Fsp3) is 0.294. The van der Waals surface area contributed by atoms with Crippen LogP contribution in [-0.2, 0) is 4.74 Å². The minimum Gasteiger partial charge on any atom is -0.497 e. The van der Waals surface area contributed by atoms with Gasteiger partial charge in [-0.05, 0) is 23.8 Å². The Bertz CT molecular complexity index is 773. The van der Waals surface area contributed by atoms with Gasteiger partial charge in [0, 0.05) is 12.1 Å². The molecule has 0 saturated carbocycles. The summed E-state index contributed by atoms with van der Waals surface area (Å²) in [7, 11) is 1.59. The second-order valence-corrected chi connectivity index (χ2v) is 6.56. The summed E-state index contributed by atoms with van der Waals surface area (Å²) in [6.45, 7) is 1.87. The number of halogens is 2. The van der Waals surface area contributed by atoms with Gasteiger partial charge in [-0.25, -0.2) is 9.79 Å². The van der Waals surface area contributed by atoms with Gasteiger partial charge < -0.3 is 19.5 Å². The molecule has 1 aromatic carbocycles. The zero-order chi connectivity index (χ0) is 18.1. The summed E-state index contributed by atoms with van der Waals surface area (Å²) in [6, 6.07) is 7.25. The van der Waals surface area contributed by atoms with E-state index in [0.717, 1.165) is 11.3 Å². The van der Waals surface area contributed by atoms with Crippen molar-refractivity contribution in [1.29, 1.82) is 0 Å². The van der Waals surface area contributed by atoms with Crippen molar-refractivity contribution in [3.8, 4) is 5.75 Å². The molecular formula is C17H16Cl2N2O4. The lowest BCUT2D eigenvalue weighted by Gasteiger charge is -2.42. The highest BCUT2D eigenvalue weighted by molar-refractivity contribution is 6.45. The van der Waals surface area contributed by atoms with Gasteiger partial charge in [-0.3, -0.25) is 0 Å². The average Bonchev–Trinajstić information content (AvgIpc) is 2.56. The topological polar surface area (TPSA) is 71.4 Å².